The minimum absolute atomic E-state index is 1.19. The molecule has 1 heterocycles. The van der Waals surface area contributed by atoms with Crippen molar-refractivity contribution in [1.82, 2.24) is 0 Å². The highest BCUT2D eigenvalue weighted by Crippen LogP contribution is 2.46. The van der Waals surface area contributed by atoms with E-state index in [1.54, 1.807) is 11.1 Å². The summed E-state index contributed by atoms with van der Waals surface area (Å²) in [5.41, 5.74) is 5.72. The van der Waals surface area contributed by atoms with Crippen molar-refractivity contribution in [1.29, 1.82) is 0 Å². The van der Waals surface area contributed by atoms with Gasteiger partial charge >= 0.3 is 0 Å². The van der Waals surface area contributed by atoms with E-state index < -0.39 is 0 Å². The Morgan fingerprint density at radius 2 is 1.64 bits per heavy atom. The Morgan fingerprint density at radius 1 is 0.864 bits per heavy atom. The van der Waals surface area contributed by atoms with Crippen molar-refractivity contribution in [3.63, 3.8) is 0 Å². The van der Waals surface area contributed by atoms with Gasteiger partial charge in [0.05, 0.1) is 11.4 Å². The van der Waals surface area contributed by atoms with Crippen LogP contribution in [0.4, 0.5) is 11.4 Å². The molecule has 22 heavy (non-hydrogen) atoms. The number of fused-ring (bicyclic) bond motifs is 2. The van der Waals surface area contributed by atoms with Gasteiger partial charge in [-0.2, -0.15) is 0 Å². The Labute approximate surface area is 138 Å². The summed E-state index contributed by atoms with van der Waals surface area (Å²) >= 11 is 1.90. The van der Waals surface area contributed by atoms with E-state index in [1.807, 2.05) is 11.8 Å². The molecule has 2 heteroatoms. The lowest BCUT2D eigenvalue weighted by molar-refractivity contribution is 0.757. The van der Waals surface area contributed by atoms with Gasteiger partial charge in [-0.25, -0.2) is 0 Å². The van der Waals surface area contributed by atoms with Crippen LogP contribution in [0.3, 0.4) is 0 Å². The van der Waals surface area contributed by atoms with E-state index in [1.165, 1.54) is 59.7 Å². The molecule has 2 aromatic rings. The molecule has 0 aromatic heterocycles. The lowest BCUT2D eigenvalue weighted by Gasteiger charge is -2.25. The van der Waals surface area contributed by atoms with Crippen LogP contribution >= 0.6 is 11.8 Å². The van der Waals surface area contributed by atoms with Crippen LogP contribution in [0, 0.1) is 0 Å². The Morgan fingerprint density at radius 3 is 2.45 bits per heavy atom. The summed E-state index contributed by atoms with van der Waals surface area (Å²) in [5, 5.41) is 3.71. The van der Waals surface area contributed by atoms with Crippen LogP contribution in [0.15, 0.2) is 46.2 Å². The third-order valence-corrected chi connectivity index (χ3v) is 5.45. The average Bonchev–Trinajstić information content (AvgIpc) is 2.56. The molecule has 0 radical (unpaired) electrons. The molecule has 0 aliphatic carbocycles. The van der Waals surface area contributed by atoms with E-state index in [2.05, 4.69) is 55.6 Å². The smallest absolute Gasteiger partial charge is 0.0561 e. The Hall–Kier alpha value is -1.41. The first-order chi connectivity index (χ1) is 10.8. The predicted molar refractivity (Wildman–Crippen MR) is 97.5 cm³/mol. The van der Waals surface area contributed by atoms with E-state index >= 15 is 0 Å². The van der Waals surface area contributed by atoms with Crippen LogP contribution in [0.2, 0.25) is 0 Å². The molecule has 1 aliphatic rings. The third-order valence-electron chi connectivity index (χ3n) is 4.32. The van der Waals surface area contributed by atoms with E-state index in [0.29, 0.717) is 0 Å². The number of benzene rings is 2. The van der Waals surface area contributed by atoms with Crippen LogP contribution in [0.25, 0.3) is 0 Å². The molecule has 0 saturated heterocycles. The van der Waals surface area contributed by atoms with E-state index in [0.717, 1.165) is 0 Å². The molecule has 1 nitrogen and oxygen atoms in total. The average molecular weight is 311 g/mol. The van der Waals surface area contributed by atoms with E-state index in [9.17, 15) is 0 Å². The minimum atomic E-state index is 1.19. The molecule has 0 unspecified atom stereocenters. The molecule has 1 N–H and O–H groups in total. The molecular formula is C20H25NS. The van der Waals surface area contributed by atoms with Gasteiger partial charge in [0.2, 0.25) is 0 Å². The maximum atomic E-state index is 3.71. The van der Waals surface area contributed by atoms with Gasteiger partial charge in [0.25, 0.3) is 0 Å². The van der Waals surface area contributed by atoms with E-state index in [-0.39, 0.29) is 0 Å². The fourth-order valence-corrected chi connectivity index (χ4v) is 4.07. The maximum Gasteiger partial charge on any atom is 0.0561 e. The molecule has 0 atom stereocenters. The lowest BCUT2D eigenvalue weighted by Crippen LogP contribution is -2.06. The van der Waals surface area contributed by atoms with Gasteiger partial charge in [-0.3, -0.25) is 0 Å². The predicted octanol–water partition coefficient (Wildman–Crippen LogP) is 6.58. The molecular weight excluding hydrogens is 286 g/mol. The molecule has 2 aromatic carbocycles. The van der Waals surface area contributed by atoms with Crippen molar-refractivity contribution in [2.24, 2.45) is 0 Å². The number of nitrogens with one attached hydrogen (secondary N) is 1. The molecule has 116 valence electrons. The third kappa shape index (κ3) is 3.17. The van der Waals surface area contributed by atoms with Crippen molar-refractivity contribution in [2.75, 3.05) is 5.32 Å². The Kier molecular flexibility index (Phi) is 5.09. The van der Waals surface area contributed by atoms with Crippen molar-refractivity contribution in [3.8, 4) is 0 Å². The molecule has 0 amide bonds. The molecule has 0 spiro atoms. The summed E-state index contributed by atoms with van der Waals surface area (Å²) in [5.74, 6) is 0. The Balaban J connectivity index is 1.98. The first-order valence-electron chi connectivity index (χ1n) is 8.52. The van der Waals surface area contributed by atoms with Crippen molar-refractivity contribution in [3.05, 3.63) is 47.5 Å². The largest absolute Gasteiger partial charge is 0.353 e. The quantitative estimate of drug-likeness (QED) is 0.552. The van der Waals surface area contributed by atoms with Gasteiger partial charge < -0.3 is 5.32 Å². The van der Waals surface area contributed by atoms with Crippen LogP contribution in [-0.2, 0) is 12.8 Å². The van der Waals surface area contributed by atoms with Gasteiger partial charge in [0.15, 0.2) is 0 Å². The van der Waals surface area contributed by atoms with Crippen LogP contribution in [0.1, 0.15) is 50.7 Å². The summed E-state index contributed by atoms with van der Waals surface area (Å²) in [4.78, 5) is 2.71. The van der Waals surface area contributed by atoms with Crippen molar-refractivity contribution in [2.45, 2.75) is 62.2 Å². The Bertz CT molecular complexity index is 648. The summed E-state index contributed by atoms with van der Waals surface area (Å²) in [7, 11) is 0. The highest BCUT2D eigenvalue weighted by molar-refractivity contribution is 7.99. The molecule has 1 aliphatic heterocycles. The van der Waals surface area contributed by atoms with Gasteiger partial charge in [-0.05, 0) is 55.0 Å². The second-order valence-corrected chi connectivity index (χ2v) is 7.09. The minimum Gasteiger partial charge on any atom is -0.353 e. The number of anilines is 2. The van der Waals surface area contributed by atoms with Crippen LogP contribution in [-0.4, -0.2) is 0 Å². The number of rotatable bonds is 6. The molecule has 0 saturated carbocycles. The topological polar surface area (TPSA) is 12.0 Å². The number of hydrogen-bond acceptors (Lipinski definition) is 2. The number of para-hydroxylation sites is 1. The number of unbranched alkanes of at least 4 members (excludes halogenated alkanes) is 2. The molecule has 0 bridgehead atoms. The standard InChI is InChI=1S/C20H25NS/c1-3-5-9-15-13-14-19-20(16(15)10-6-4-2)21-17-11-7-8-12-18(17)22-19/h7-8,11-14,21H,3-6,9-10H2,1-2H3. The molecule has 0 fully saturated rings. The summed E-state index contributed by atoms with van der Waals surface area (Å²) in [6.45, 7) is 4.55. The van der Waals surface area contributed by atoms with Crippen molar-refractivity contribution >= 4 is 23.1 Å². The van der Waals surface area contributed by atoms with Gasteiger partial charge in [-0.1, -0.05) is 56.7 Å². The fourth-order valence-electron chi connectivity index (χ4n) is 3.04. The summed E-state index contributed by atoms with van der Waals surface area (Å²) in [6, 6.07) is 13.3. The number of aryl methyl sites for hydroxylation is 1. The second-order valence-electron chi connectivity index (χ2n) is 6.01. The monoisotopic (exact) mass is 311 g/mol. The summed E-state index contributed by atoms with van der Waals surface area (Å²) < 4.78 is 0. The maximum absolute atomic E-state index is 3.71. The zero-order chi connectivity index (χ0) is 15.4. The van der Waals surface area contributed by atoms with Gasteiger partial charge in [0.1, 0.15) is 0 Å². The van der Waals surface area contributed by atoms with Gasteiger partial charge in [-0.15, -0.1) is 0 Å². The normalized spacial score (nSPS) is 12.5. The molecule has 3 rings (SSSR count). The SMILES string of the molecule is CCCCc1ccc2c(c1CCCC)Nc1ccccc1S2. The van der Waals surface area contributed by atoms with Crippen molar-refractivity contribution < 1.29 is 0 Å². The lowest BCUT2D eigenvalue weighted by atomic mass is 9.96. The first-order valence-corrected chi connectivity index (χ1v) is 9.33. The second kappa shape index (κ2) is 7.23. The highest BCUT2D eigenvalue weighted by Gasteiger charge is 2.19. The van der Waals surface area contributed by atoms with Crippen LogP contribution in [0.5, 0.6) is 0 Å². The van der Waals surface area contributed by atoms with Crippen LogP contribution < -0.4 is 5.32 Å². The van der Waals surface area contributed by atoms with Gasteiger partial charge in [0, 0.05) is 9.79 Å². The highest BCUT2D eigenvalue weighted by atomic mass is 32.2. The zero-order valence-electron chi connectivity index (χ0n) is 13.6. The van der Waals surface area contributed by atoms with E-state index in [4.69, 9.17) is 0 Å². The fraction of sp³-hybridized carbons (Fsp3) is 0.400. The zero-order valence-corrected chi connectivity index (χ0v) is 14.4. The number of hydrogen-bond donors (Lipinski definition) is 1. The first kappa shape index (κ1) is 15.5. The summed E-state index contributed by atoms with van der Waals surface area (Å²) in [6.07, 6.45) is 7.45.